The number of hydrogen-bond donors (Lipinski definition) is 1. The number of unbranched alkanes of at least 4 members (excludes halogenated alkanes) is 17. The van der Waals surface area contributed by atoms with Gasteiger partial charge in [-0.15, -0.1) is 0 Å². The zero-order valence-electron chi connectivity index (χ0n) is 18.8. The summed E-state index contributed by atoms with van der Waals surface area (Å²) in [4.78, 5) is 22.1. The van der Waals surface area contributed by atoms with Crippen molar-refractivity contribution >= 4 is 11.8 Å². The number of carbonyl (C=O) groups excluding carboxylic acids is 1. The average molecular weight is 397 g/mol. The number of carboxylic acid groups (broad SMARTS) is 1. The van der Waals surface area contributed by atoms with Crippen molar-refractivity contribution < 1.29 is 14.7 Å². The van der Waals surface area contributed by atoms with Gasteiger partial charge in [0, 0.05) is 19.3 Å². The summed E-state index contributed by atoms with van der Waals surface area (Å²) < 4.78 is 0. The first-order valence-corrected chi connectivity index (χ1v) is 12.4. The fraction of sp³-hybridized carbons (Fsp3) is 0.920. The zero-order valence-corrected chi connectivity index (χ0v) is 18.8. The molecule has 0 saturated carbocycles. The normalized spacial score (nSPS) is 11.0. The minimum absolute atomic E-state index is 0.187. The summed E-state index contributed by atoms with van der Waals surface area (Å²) in [5.74, 6) is -0.452. The lowest BCUT2D eigenvalue weighted by atomic mass is 10.0. The summed E-state index contributed by atoms with van der Waals surface area (Å²) in [6, 6.07) is 0. The van der Waals surface area contributed by atoms with E-state index in [1.807, 2.05) is 0 Å². The molecule has 0 saturated heterocycles. The van der Waals surface area contributed by atoms with Crippen LogP contribution in [0.3, 0.4) is 0 Å². The molecule has 0 amide bonds. The second-order valence-electron chi connectivity index (χ2n) is 8.55. The molecule has 0 fully saturated rings. The Hall–Kier alpha value is -0.860. The van der Waals surface area contributed by atoms with Gasteiger partial charge in [-0.05, 0) is 19.3 Å². The molecule has 3 nitrogen and oxygen atoms in total. The van der Waals surface area contributed by atoms with Crippen LogP contribution in [-0.4, -0.2) is 16.9 Å². The molecule has 0 spiro atoms. The van der Waals surface area contributed by atoms with Gasteiger partial charge in [-0.25, -0.2) is 0 Å². The minimum atomic E-state index is -0.763. The van der Waals surface area contributed by atoms with Crippen LogP contribution in [0.1, 0.15) is 148 Å². The third kappa shape index (κ3) is 23.2. The van der Waals surface area contributed by atoms with Crippen LogP contribution in [0.4, 0.5) is 0 Å². The predicted molar refractivity (Wildman–Crippen MR) is 120 cm³/mol. The number of hydrogen-bond acceptors (Lipinski definition) is 2. The van der Waals surface area contributed by atoms with Gasteiger partial charge in [0.15, 0.2) is 0 Å². The first-order chi connectivity index (χ1) is 13.7. The smallest absolute Gasteiger partial charge is 0.303 e. The summed E-state index contributed by atoms with van der Waals surface area (Å²) >= 11 is 0. The summed E-state index contributed by atoms with van der Waals surface area (Å²) in [5, 5.41) is 8.56. The van der Waals surface area contributed by atoms with E-state index >= 15 is 0 Å². The molecule has 0 unspecified atom stereocenters. The van der Waals surface area contributed by atoms with Crippen LogP contribution in [0.25, 0.3) is 0 Å². The van der Waals surface area contributed by atoms with E-state index in [2.05, 4.69) is 6.92 Å². The highest BCUT2D eigenvalue weighted by Crippen LogP contribution is 2.14. The third-order valence-electron chi connectivity index (χ3n) is 5.66. The van der Waals surface area contributed by atoms with Crippen molar-refractivity contribution in [2.24, 2.45) is 0 Å². The van der Waals surface area contributed by atoms with E-state index in [0.717, 1.165) is 12.8 Å². The Morgan fingerprint density at radius 1 is 0.464 bits per heavy atom. The fourth-order valence-electron chi connectivity index (χ4n) is 3.77. The van der Waals surface area contributed by atoms with Gasteiger partial charge >= 0.3 is 5.97 Å². The van der Waals surface area contributed by atoms with Gasteiger partial charge in [0.05, 0.1) is 0 Å². The Morgan fingerprint density at radius 3 is 1.11 bits per heavy atom. The Labute approximate surface area is 175 Å². The average Bonchev–Trinajstić information content (AvgIpc) is 2.67. The Bertz CT molecular complexity index is 352. The maximum absolute atomic E-state index is 11.7. The maximum atomic E-state index is 11.7. The standard InChI is InChI=1S/C25H48O3/c1-2-3-4-5-6-7-8-9-10-11-12-13-14-15-16-17-18-21-24(26)22-19-20-23-25(27)28/h2-23H2,1H3,(H,27,28). The lowest BCUT2D eigenvalue weighted by Gasteiger charge is -2.04. The summed E-state index contributed by atoms with van der Waals surface area (Å²) in [6.07, 6.45) is 25.8. The van der Waals surface area contributed by atoms with Gasteiger partial charge in [-0.3, -0.25) is 9.59 Å². The van der Waals surface area contributed by atoms with E-state index in [1.54, 1.807) is 0 Å². The molecule has 166 valence electrons. The molecule has 0 aromatic heterocycles. The van der Waals surface area contributed by atoms with Crippen molar-refractivity contribution in [3.8, 4) is 0 Å². The molecule has 0 aromatic rings. The predicted octanol–water partition coefficient (Wildman–Crippen LogP) is 8.24. The number of ketones is 1. The van der Waals surface area contributed by atoms with E-state index < -0.39 is 5.97 Å². The minimum Gasteiger partial charge on any atom is -0.481 e. The Morgan fingerprint density at radius 2 is 0.750 bits per heavy atom. The van der Waals surface area contributed by atoms with Gasteiger partial charge < -0.3 is 5.11 Å². The quantitative estimate of drug-likeness (QED) is 0.177. The number of carboxylic acids is 1. The second-order valence-corrected chi connectivity index (χ2v) is 8.55. The van der Waals surface area contributed by atoms with Crippen LogP contribution < -0.4 is 0 Å². The first-order valence-electron chi connectivity index (χ1n) is 12.4. The molecule has 3 heteroatoms. The van der Waals surface area contributed by atoms with E-state index in [9.17, 15) is 9.59 Å². The molecular weight excluding hydrogens is 348 g/mol. The summed E-state index contributed by atoms with van der Waals surface area (Å²) in [5.41, 5.74) is 0. The topological polar surface area (TPSA) is 54.4 Å². The summed E-state index contributed by atoms with van der Waals surface area (Å²) in [7, 11) is 0. The highest BCUT2D eigenvalue weighted by atomic mass is 16.4. The molecule has 0 aliphatic carbocycles. The van der Waals surface area contributed by atoms with Gasteiger partial charge in [0.1, 0.15) is 5.78 Å². The highest BCUT2D eigenvalue weighted by molar-refractivity contribution is 5.78. The molecule has 28 heavy (non-hydrogen) atoms. The lowest BCUT2D eigenvalue weighted by Crippen LogP contribution is -1.99. The van der Waals surface area contributed by atoms with Gasteiger partial charge in [-0.2, -0.15) is 0 Å². The third-order valence-corrected chi connectivity index (χ3v) is 5.66. The number of aliphatic carboxylic acids is 1. The van der Waals surface area contributed by atoms with Crippen LogP contribution in [-0.2, 0) is 9.59 Å². The Balaban J connectivity index is 3.11. The number of rotatable bonds is 23. The Kier molecular flexibility index (Phi) is 21.7. The zero-order chi connectivity index (χ0) is 20.7. The van der Waals surface area contributed by atoms with Crippen LogP contribution in [0.15, 0.2) is 0 Å². The molecule has 0 bridgehead atoms. The fourth-order valence-corrected chi connectivity index (χ4v) is 3.77. The van der Waals surface area contributed by atoms with Crippen molar-refractivity contribution in [1.29, 1.82) is 0 Å². The second kappa shape index (κ2) is 22.4. The summed E-state index contributed by atoms with van der Waals surface area (Å²) in [6.45, 7) is 2.28. The van der Waals surface area contributed by atoms with E-state index in [0.29, 0.717) is 25.0 Å². The molecule has 0 aliphatic rings. The monoisotopic (exact) mass is 396 g/mol. The molecule has 0 heterocycles. The molecule has 0 aliphatic heterocycles. The molecule has 1 N–H and O–H groups in total. The van der Waals surface area contributed by atoms with E-state index in [4.69, 9.17) is 5.11 Å². The van der Waals surface area contributed by atoms with Gasteiger partial charge in [0.25, 0.3) is 0 Å². The van der Waals surface area contributed by atoms with Crippen LogP contribution in [0.5, 0.6) is 0 Å². The SMILES string of the molecule is CCCCCCCCCCCCCCCCCCCC(=O)CCCCC(=O)O. The van der Waals surface area contributed by atoms with Crippen molar-refractivity contribution in [1.82, 2.24) is 0 Å². The van der Waals surface area contributed by atoms with Crippen molar-refractivity contribution in [2.75, 3.05) is 0 Å². The molecule has 0 radical (unpaired) electrons. The van der Waals surface area contributed by atoms with E-state index in [1.165, 1.54) is 103 Å². The first kappa shape index (κ1) is 27.1. The van der Waals surface area contributed by atoms with Crippen molar-refractivity contribution in [2.45, 2.75) is 148 Å². The van der Waals surface area contributed by atoms with Crippen molar-refractivity contribution in [3.05, 3.63) is 0 Å². The molecule has 0 atom stereocenters. The largest absolute Gasteiger partial charge is 0.481 e. The van der Waals surface area contributed by atoms with Crippen LogP contribution in [0.2, 0.25) is 0 Å². The molecular formula is C25H48O3. The van der Waals surface area contributed by atoms with Gasteiger partial charge in [-0.1, -0.05) is 110 Å². The molecule has 0 aromatic carbocycles. The van der Waals surface area contributed by atoms with Crippen LogP contribution >= 0.6 is 0 Å². The number of carbonyl (C=O) groups is 2. The number of Topliss-reactive ketones (excluding diaryl/α,β-unsaturated/α-hetero) is 1. The lowest BCUT2D eigenvalue weighted by molar-refractivity contribution is -0.137. The molecule has 0 rings (SSSR count). The maximum Gasteiger partial charge on any atom is 0.303 e. The van der Waals surface area contributed by atoms with Crippen LogP contribution in [0, 0.1) is 0 Å². The van der Waals surface area contributed by atoms with Gasteiger partial charge in [0.2, 0.25) is 0 Å². The highest BCUT2D eigenvalue weighted by Gasteiger charge is 2.03. The van der Waals surface area contributed by atoms with E-state index in [-0.39, 0.29) is 6.42 Å². The van der Waals surface area contributed by atoms with Crippen molar-refractivity contribution in [3.63, 3.8) is 0 Å².